The highest BCUT2D eigenvalue weighted by molar-refractivity contribution is 6.27. The first-order valence-electron chi connectivity index (χ1n) is 4.34. The molecule has 0 aliphatic heterocycles. The molecule has 0 N–H and O–H groups in total. The quantitative estimate of drug-likeness (QED) is 0.589. The molecule has 1 saturated carbocycles. The number of rotatable bonds is 2. The fraction of sp³-hybridized carbons (Fsp3) is 0.889. The maximum absolute atomic E-state index is 11.2. The van der Waals surface area contributed by atoms with Crippen LogP contribution in [0.3, 0.4) is 0 Å². The van der Waals surface area contributed by atoms with E-state index in [2.05, 4.69) is 6.92 Å². The normalized spacial score (nSPS) is 31.8. The lowest BCUT2D eigenvalue weighted by Crippen LogP contribution is -2.26. The molecule has 2 heteroatoms. The van der Waals surface area contributed by atoms with Crippen LogP contribution in [0.1, 0.15) is 32.6 Å². The van der Waals surface area contributed by atoms with Crippen molar-refractivity contribution in [1.29, 1.82) is 0 Å². The van der Waals surface area contributed by atoms with Crippen molar-refractivity contribution in [3.63, 3.8) is 0 Å². The van der Waals surface area contributed by atoms with Crippen LogP contribution in [-0.2, 0) is 4.79 Å². The minimum absolute atomic E-state index is 0.203. The molecular formula is C9H15ClO. The van der Waals surface area contributed by atoms with Gasteiger partial charge < -0.3 is 0 Å². The van der Waals surface area contributed by atoms with Crippen molar-refractivity contribution in [3.05, 3.63) is 0 Å². The van der Waals surface area contributed by atoms with E-state index < -0.39 is 0 Å². The maximum atomic E-state index is 11.2. The van der Waals surface area contributed by atoms with Gasteiger partial charge in [-0.2, -0.15) is 0 Å². The summed E-state index contributed by atoms with van der Waals surface area (Å²) in [7, 11) is 0. The largest absolute Gasteiger partial charge is 0.298 e. The maximum Gasteiger partial charge on any atom is 0.150 e. The second kappa shape index (κ2) is 4.10. The van der Waals surface area contributed by atoms with Crippen LogP contribution in [0.4, 0.5) is 0 Å². The van der Waals surface area contributed by atoms with Crippen molar-refractivity contribution < 1.29 is 4.79 Å². The lowest BCUT2D eigenvalue weighted by atomic mass is 9.78. The van der Waals surface area contributed by atoms with Gasteiger partial charge in [-0.1, -0.05) is 26.2 Å². The second-order valence-electron chi connectivity index (χ2n) is 3.47. The van der Waals surface area contributed by atoms with E-state index in [1.807, 2.05) is 0 Å². The van der Waals surface area contributed by atoms with Gasteiger partial charge in [-0.15, -0.1) is 11.6 Å². The summed E-state index contributed by atoms with van der Waals surface area (Å²) in [6.07, 6.45) is 4.75. The number of Topliss-reactive ketones (excluding diaryl/α,β-unsaturated/α-hetero) is 1. The van der Waals surface area contributed by atoms with E-state index in [0.717, 1.165) is 6.42 Å². The first kappa shape index (κ1) is 9.05. The molecule has 0 spiro atoms. The monoisotopic (exact) mass is 174 g/mol. The number of alkyl halides is 1. The van der Waals surface area contributed by atoms with Crippen molar-refractivity contribution in [1.82, 2.24) is 0 Å². The average Bonchev–Trinajstić information content (AvgIpc) is 2.04. The predicted molar refractivity (Wildman–Crippen MR) is 46.8 cm³/mol. The highest BCUT2D eigenvalue weighted by Gasteiger charge is 2.26. The SMILES string of the molecule is C[C@H]1CCCC[C@H]1C(=O)CCl. The first-order valence-corrected chi connectivity index (χ1v) is 4.88. The van der Waals surface area contributed by atoms with Gasteiger partial charge in [-0.05, 0) is 12.3 Å². The van der Waals surface area contributed by atoms with Gasteiger partial charge in [0.1, 0.15) is 0 Å². The Morgan fingerprint density at radius 3 is 2.64 bits per heavy atom. The van der Waals surface area contributed by atoms with Gasteiger partial charge >= 0.3 is 0 Å². The van der Waals surface area contributed by atoms with Crippen LogP contribution in [-0.4, -0.2) is 11.7 Å². The molecule has 0 saturated heterocycles. The number of carbonyl (C=O) groups excluding carboxylic acids is 1. The van der Waals surface area contributed by atoms with Crippen LogP contribution in [0, 0.1) is 11.8 Å². The van der Waals surface area contributed by atoms with E-state index in [1.165, 1.54) is 19.3 Å². The summed E-state index contributed by atoms with van der Waals surface area (Å²) in [5.41, 5.74) is 0. The molecular weight excluding hydrogens is 160 g/mol. The van der Waals surface area contributed by atoms with Gasteiger partial charge in [0.05, 0.1) is 5.88 Å². The third-order valence-corrected chi connectivity index (χ3v) is 2.92. The molecule has 0 aromatic carbocycles. The highest BCUT2D eigenvalue weighted by atomic mass is 35.5. The van der Waals surface area contributed by atoms with Gasteiger partial charge in [-0.3, -0.25) is 4.79 Å². The molecule has 1 nitrogen and oxygen atoms in total. The van der Waals surface area contributed by atoms with Crippen LogP contribution in [0.2, 0.25) is 0 Å². The van der Waals surface area contributed by atoms with Crippen LogP contribution in [0.5, 0.6) is 0 Å². The lowest BCUT2D eigenvalue weighted by Gasteiger charge is -2.26. The summed E-state index contributed by atoms with van der Waals surface area (Å²) in [5.74, 6) is 1.28. The van der Waals surface area contributed by atoms with Crippen molar-refractivity contribution in [2.24, 2.45) is 11.8 Å². The smallest absolute Gasteiger partial charge is 0.150 e. The summed E-state index contributed by atoms with van der Waals surface area (Å²) in [4.78, 5) is 11.2. The van der Waals surface area contributed by atoms with Gasteiger partial charge in [0.2, 0.25) is 0 Å². The Bertz CT molecular complexity index is 144. The molecule has 0 radical (unpaired) electrons. The van der Waals surface area contributed by atoms with Crippen LogP contribution in [0.15, 0.2) is 0 Å². The number of hydrogen-bond donors (Lipinski definition) is 0. The fourth-order valence-corrected chi connectivity index (χ4v) is 2.09. The van der Waals surface area contributed by atoms with E-state index in [1.54, 1.807) is 0 Å². The Balaban J connectivity index is 2.47. The van der Waals surface area contributed by atoms with Crippen molar-refractivity contribution in [2.45, 2.75) is 32.6 Å². The fourth-order valence-electron chi connectivity index (χ4n) is 1.89. The number of hydrogen-bond acceptors (Lipinski definition) is 1. The Morgan fingerprint density at radius 2 is 2.09 bits per heavy atom. The van der Waals surface area contributed by atoms with E-state index in [4.69, 9.17) is 11.6 Å². The lowest BCUT2D eigenvalue weighted by molar-refractivity contribution is -0.122. The summed E-state index contributed by atoms with van der Waals surface area (Å²) >= 11 is 5.50. The topological polar surface area (TPSA) is 17.1 Å². The summed E-state index contributed by atoms with van der Waals surface area (Å²) in [5, 5.41) is 0. The zero-order valence-corrected chi connectivity index (χ0v) is 7.73. The van der Waals surface area contributed by atoms with Gasteiger partial charge in [0, 0.05) is 5.92 Å². The second-order valence-corrected chi connectivity index (χ2v) is 3.74. The van der Waals surface area contributed by atoms with Crippen LogP contribution >= 0.6 is 11.6 Å². The summed E-state index contributed by atoms with van der Waals surface area (Å²) in [6, 6.07) is 0. The number of halogens is 1. The Morgan fingerprint density at radius 1 is 1.45 bits per heavy atom. The predicted octanol–water partition coefficient (Wildman–Crippen LogP) is 2.62. The molecule has 0 aromatic rings. The van der Waals surface area contributed by atoms with Crippen LogP contribution < -0.4 is 0 Å². The molecule has 0 aromatic heterocycles. The molecule has 0 amide bonds. The molecule has 11 heavy (non-hydrogen) atoms. The van der Waals surface area contributed by atoms with Crippen molar-refractivity contribution >= 4 is 17.4 Å². The van der Waals surface area contributed by atoms with Crippen molar-refractivity contribution in [3.8, 4) is 0 Å². The molecule has 1 aliphatic rings. The molecule has 0 unspecified atom stereocenters. The van der Waals surface area contributed by atoms with Crippen molar-refractivity contribution in [2.75, 3.05) is 5.88 Å². The molecule has 1 aliphatic carbocycles. The van der Waals surface area contributed by atoms with E-state index in [9.17, 15) is 4.79 Å². The van der Waals surface area contributed by atoms with Crippen LogP contribution in [0.25, 0.3) is 0 Å². The first-order chi connectivity index (χ1) is 5.25. The number of carbonyl (C=O) groups is 1. The molecule has 1 rings (SSSR count). The minimum atomic E-state index is 0.203. The van der Waals surface area contributed by atoms with Gasteiger partial charge in [0.15, 0.2) is 5.78 Å². The summed E-state index contributed by atoms with van der Waals surface area (Å²) < 4.78 is 0. The Labute approximate surface area is 73.1 Å². The minimum Gasteiger partial charge on any atom is -0.298 e. The third kappa shape index (κ3) is 2.19. The molecule has 0 heterocycles. The third-order valence-electron chi connectivity index (χ3n) is 2.66. The highest BCUT2D eigenvalue weighted by Crippen LogP contribution is 2.30. The standard InChI is InChI=1S/C9H15ClO/c1-7-4-2-3-5-8(7)9(11)6-10/h7-8H,2-6H2,1H3/t7-,8+/m0/s1. The van der Waals surface area contributed by atoms with E-state index in [-0.39, 0.29) is 17.6 Å². The van der Waals surface area contributed by atoms with Gasteiger partial charge in [0.25, 0.3) is 0 Å². The molecule has 0 bridgehead atoms. The average molecular weight is 175 g/mol. The molecule has 1 fully saturated rings. The zero-order valence-electron chi connectivity index (χ0n) is 6.98. The molecule has 2 atom stereocenters. The molecule has 64 valence electrons. The Hall–Kier alpha value is -0.0400. The summed E-state index contributed by atoms with van der Waals surface area (Å²) in [6.45, 7) is 2.16. The Kier molecular flexibility index (Phi) is 3.38. The van der Waals surface area contributed by atoms with E-state index in [0.29, 0.717) is 5.92 Å². The number of ketones is 1. The van der Waals surface area contributed by atoms with Gasteiger partial charge in [-0.25, -0.2) is 0 Å². The zero-order chi connectivity index (χ0) is 8.27. The van der Waals surface area contributed by atoms with E-state index >= 15 is 0 Å².